The quantitative estimate of drug-likeness (QED) is 0.357. The zero-order chi connectivity index (χ0) is 19.6. The van der Waals surface area contributed by atoms with Crippen molar-refractivity contribution in [1.29, 1.82) is 0 Å². The molecule has 154 valence electrons. The largest absolute Gasteiger partial charge is 0.459 e. The Bertz CT molecular complexity index is 825. The van der Waals surface area contributed by atoms with Gasteiger partial charge in [-0.05, 0) is 38.6 Å². The van der Waals surface area contributed by atoms with Crippen molar-refractivity contribution in [2.45, 2.75) is 67.8 Å². The summed E-state index contributed by atoms with van der Waals surface area (Å²) in [6.45, 7) is 2.51. The van der Waals surface area contributed by atoms with Gasteiger partial charge in [0.2, 0.25) is 0 Å². The van der Waals surface area contributed by atoms with E-state index in [9.17, 15) is 26.2 Å². The highest BCUT2D eigenvalue weighted by molar-refractivity contribution is 7.87. The number of ether oxygens (including phenoxy) is 1. The fourth-order valence-corrected chi connectivity index (χ4v) is 8.20. The number of rotatable bonds is 5. The summed E-state index contributed by atoms with van der Waals surface area (Å²) in [6.07, 6.45) is 0.580. The van der Waals surface area contributed by atoms with Gasteiger partial charge in [0, 0.05) is 17.9 Å². The van der Waals surface area contributed by atoms with Crippen molar-refractivity contribution in [2.75, 3.05) is 6.54 Å². The molecule has 3 saturated carbocycles. The molecule has 3 aliphatic carbocycles. The van der Waals surface area contributed by atoms with E-state index >= 15 is 0 Å². The molecule has 1 heterocycles. The number of carbonyl (C=O) groups is 1. The lowest BCUT2D eigenvalue weighted by Gasteiger charge is -2.35. The number of hydrogen-bond donors (Lipinski definition) is 2. The molecule has 4 fully saturated rings. The van der Waals surface area contributed by atoms with Crippen molar-refractivity contribution in [3.8, 4) is 0 Å². The highest BCUT2D eigenvalue weighted by atomic mass is 32.2. The molecule has 27 heavy (non-hydrogen) atoms. The second kappa shape index (κ2) is 6.65. The molecular weight excluding hydrogens is 398 g/mol. The summed E-state index contributed by atoms with van der Waals surface area (Å²) < 4.78 is 67.5. The van der Waals surface area contributed by atoms with Crippen LogP contribution in [0.3, 0.4) is 0 Å². The minimum absolute atomic E-state index is 0.0113. The topological polar surface area (TPSA) is 136 Å². The van der Waals surface area contributed by atoms with E-state index in [1.807, 2.05) is 6.92 Å². The average Bonchev–Trinajstić information content (AvgIpc) is 3.18. The average molecular weight is 424 g/mol. The number of nitrogens with one attached hydrogen (secondary N) is 1. The van der Waals surface area contributed by atoms with Gasteiger partial charge in [0.25, 0.3) is 20.2 Å². The van der Waals surface area contributed by atoms with Gasteiger partial charge in [0.05, 0.1) is 16.4 Å². The number of fused-ring (bicyclic) bond motifs is 1. The van der Waals surface area contributed by atoms with E-state index in [1.165, 1.54) is 0 Å². The van der Waals surface area contributed by atoms with E-state index in [4.69, 9.17) is 8.92 Å². The maximum Gasteiger partial charge on any atom is 0.310 e. The van der Waals surface area contributed by atoms with Crippen LogP contribution in [0, 0.1) is 17.8 Å². The lowest BCUT2D eigenvalue weighted by atomic mass is 9.84. The molecule has 0 aromatic heterocycles. The predicted molar refractivity (Wildman–Crippen MR) is 93.8 cm³/mol. The zero-order valence-corrected chi connectivity index (χ0v) is 16.6. The second-order valence-electron chi connectivity index (χ2n) is 8.11. The van der Waals surface area contributed by atoms with E-state index in [1.54, 1.807) is 0 Å². The molecule has 1 saturated heterocycles. The summed E-state index contributed by atoms with van der Waals surface area (Å²) in [6, 6.07) is -0.236. The van der Waals surface area contributed by atoms with Gasteiger partial charge in [-0.15, -0.1) is 0 Å². The monoisotopic (exact) mass is 423 g/mol. The number of esters is 1. The van der Waals surface area contributed by atoms with Crippen LogP contribution in [0.5, 0.6) is 0 Å². The van der Waals surface area contributed by atoms with Crippen LogP contribution in [0.1, 0.15) is 39.0 Å². The molecular formula is C16H25NO8S2. The fourth-order valence-electron chi connectivity index (χ4n) is 5.44. The van der Waals surface area contributed by atoms with Crippen molar-refractivity contribution >= 4 is 26.2 Å². The normalized spacial score (nSPS) is 45.1. The zero-order valence-electron chi connectivity index (χ0n) is 15.0. The Morgan fingerprint density at radius 3 is 2.67 bits per heavy atom. The summed E-state index contributed by atoms with van der Waals surface area (Å²) in [4.78, 5) is 12.9. The molecule has 0 aromatic rings. The SMILES string of the molecule is CCNC1CCC(S(=O)(=O)O)CC1C(=O)OC1C2CC3C1OS(=O)(=O)C3C2. The van der Waals surface area contributed by atoms with E-state index in [-0.39, 0.29) is 30.7 Å². The van der Waals surface area contributed by atoms with Crippen molar-refractivity contribution in [2.24, 2.45) is 17.8 Å². The van der Waals surface area contributed by atoms with E-state index < -0.39 is 54.8 Å². The fraction of sp³-hybridized carbons (Fsp3) is 0.938. The molecule has 0 radical (unpaired) electrons. The van der Waals surface area contributed by atoms with Crippen molar-refractivity contribution < 1.29 is 35.1 Å². The maximum absolute atomic E-state index is 12.9. The Morgan fingerprint density at radius 1 is 1.26 bits per heavy atom. The molecule has 9 nitrogen and oxygen atoms in total. The van der Waals surface area contributed by atoms with Gasteiger partial charge >= 0.3 is 5.97 Å². The molecule has 0 aromatic carbocycles. The Morgan fingerprint density at radius 2 is 2.00 bits per heavy atom. The van der Waals surface area contributed by atoms with Gasteiger partial charge in [-0.2, -0.15) is 16.8 Å². The second-order valence-corrected chi connectivity index (χ2v) is 11.6. The van der Waals surface area contributed by atoms with Crippen LogP contribution in [-0.2, 0) is 34.0 Å². The van der Waals surface area contributed by atoms with Crippen molar-refractivity contribution in [3.63, 3.8) is 0 Å². The first-order valence-electron chi connectivity index (χ1n) is 9.44. The van der Waals surface area contributed by atoms with E-state index in [2.05, 4.69) is 5.32 Å². The number of hydrogen-bond acceptors (Lipinski definition) is 8. The molecule has 8 atom stereocenters. The van der Waals surface area contributed by atoms with Gasteiger partial charge in [0.1, 0.15) is 12.2 Å². The van der Waals surface area contributed by atoms with Crippen LogP contribution in [0.25, 0.3) is 0 Å². The molecule has 1 aliphatic heterocycles. The van der Waals surface area contributed by atoms with Crippen molar-refractivity contribution in [3.05, 3.63) is 0 Å². The van der Waals surface area contributed by atoms with Gasteiger partial charge in [-0.25, -0.2) is 0 Å². The van der Waals surface area contributed by atoms with Gasteiger partial charge in [-0.3, -0.25) is 13.5 Å². The van der Waals surface area contributed by atoms with Crippen LogP contribution >= 0.6 is 0 Å². The lowest BCUT2D eigenvalue weighted by molar-refractivity contribution is -0.163. The predicted octanol–water partition coefficient (Wildman–Crippen LogP) is 0.0698. The third-order valence-corrected chi connectivity index (χ3v) is 9.70. The first-order valence-corrected chi connectivity index (χ1v) is 12.4. The Kier molecular flexibility index (Phi) is 4.82. The Hall–Kier alpha value is -0.750. The molecule has 0 spiro atoms. The molecule has 8 unspecified atom stereocenters. The van der Waals surface area contributed by atoms with Crippen LogP contribution in [0.4, 0.5) is 0 Å². The lowest BCUT2D eigenvalue weighted by Crippen LogP contribution is -2.49. The standard InChI is InChI=1S/C16H25NO8S2/c1-2-17-12-4-3-9(26(19,20)21)7-10(12)16(18)24-14-8-5-11-13(6-8)27(22,23)25-15(11)14/h8-15,17H,2-7H2,1H3,(H,19,20,21). The number of carbonyl (C=O) groups excluding carboxylic acids is 1. The molecule has 4 aliphatic rings. The minimum atomic E-state index is -4.23. The minimum Gasteiger partial charge on any atom is -0.459 e. The molecule has 0 amide bonds. The molecule has 4 rings (SSSR count). The van der Waals surface area contributed by atoms with Gasteiger partial charge in [0.15, 0.2) is 0 Å². The van der Waals surface area contributed by atoms with Gasteiger partial charge < -0.3 is 10.1 Å². The third kappa shape index (κ3) is 3.31. The Labute approximate surface area is 159 Å². The third-order valence-electron chi connectivity index (χ3n) is 6.66. The van der Waals surface area contributed by atoms with Crippen LogP contribution in [0.2, 0.25) is 0 Å². The molecule has 2 bridgehead atoms. The first kappa shape index (κ1) is 19.6. The summed E-state index contributed by atoms with van der Waals surface area (Å²) in [5.74, 6) is -1.42. The summed E-state index contributed by atoms with van der Waals surface area (Å²) in [7, 11) is -7.82. The Balaban J connectivity index is 1.49. The summed E-state index contributed by atoms with van der Waals surface area (Å²) in [5.41, 5.74) is 0. The first-order chi connectivity index (χ1) is 12.6. The molecule has 2 N–H and O–H groups in total. The van der Waals surface area contributed by atoms with Crippen LogP contribution in [-0.4, -0.2) is 62.7 Å². The highest BCUT2D eigenvalue weighted by Gasteiger charge is 2.65. The summed E-state index contributed by atoms with van der Waals surface area (Å²) in [5, 5.41) is 1.71. The van der Waals surface area contributed by atoms with E-state index in [0.717, 1.165) is 0 Å². The molecule has 11 heteroatoms. The maximum atomic E-state index is 12.9. The van der Waals surface area contributed by atoms with Crippen LogP contribution in [0.15, 0.2) is 0 Å². The highest BCUT2D eigenvalue weighted by Crippen LogP contribution is 2.55. The smallest absolute Gasteiger partial charge is 0.310 e. The summed E-state index contributed by atoms with van der Waals surface area (Å²) >= 11 is 0. The van der Waals surface area contributed by atoms with Crippen LogP contribution < -0.4 is 5.32 Å². The van der Waals surface area contributed by atoms with E-state index in [0.29, 0.717) is 25.8 Å². The van der Waals surface area contributed by atoms with Crippen molar-refractivity contribution in [1.82, 2.24) is 5.32 Å². The van der Waals surface area contributed by atoms with Gasteiger partial charge in [-0.1, -0.05) is 6.92 Å².